The van der Waals surface area contributed by atoms with E-state index in [2.05, 4.69) is 23.7 Å². The molecule has 0 N–H and O–H groups in total. The first-order valence-corrected chi connectivity index (χ1v) is 30.9. The van der Waals surface area contributed by atoms with E-state index < -0.39 is 41.5 Å². The number of carbonyl (C=O) groups is 8. The summed E-state index contributed by atoms with van der Waals surface area (Å²) in [7, 11) is 1.62. The first-order chi connectivity index (χ1) is 48.2. The summed E-state index contributed by atoms with van der Waals surface area (Å²) in [5.74, 6) is 11.0. The van der Waals surface area contributed by atoms with Gasteiger partial charge in [0.05, 0.1) is 57.4 Å². The van der Waals surface area contributed by atoms with Crippen molar-refractivity contribution in [1.82, 2.24) is 0 Å². The molecule has 2 heterocycles. The van der Waals surface area contributed by atoms with Crippen molar-refractivity contribution in [1.29, 1.82) is 0 Å². The van der Waals surface area contributed by atoms with Gasteiger partial charge < -0.3 is 23.7 Å². The molecule has 0 saturated carbocycles. The third-order valence-corrected chi connectivity index (χ3v) is 16.0. The second-order valence-electron chi connectivity index (χ2n) is 22.6. The van der Waals surface area contributed by atoms with E-state index in [4.69, 9.17) is 23.7 Å². The highest BCUT2D eigenvalue weighted by Gasteiger charge is 2.38. The smallest absolute Gasteiger partial charge is 0.343 e. The summed E-state index contributed by atoms with van der Waals surface area (Å²) in [5, 5.41) is 1.35. The number of rotatable bonds is 13. The van der Waals surface area contributed by atoms with Gasteiger partial charge in [-0.25, -0.2) is 24.2 Å². The fraction of sp³-hybridized carbons (Fsp3) is 0.0238. The molecule has 0 fully saturated rings. The molecule has 99 heavy (non-hydrogen) atoms. The minimum Gasteiger partial charge on any atom is -0.497 e. The van der Waals surface area contributed by atoms with E-state index in [1.54, 1.807) is 104 Å². The van der Waals surface area contributed by atoms with Gasteiger partial charge in [0.2, 0.25) is 0 Å². The van der Waals surface area contributed by atoms with Crippen molar-refractivity contribution in [2.24, 2.45) is 0 Å². The molecule has 0 aromatic heterocycles. The summed E-state index contributed by atoms with van der Waals surface area (Å²) >= 11 is 0. The average molecular weight is 1300 g/mol. The highest BCUT2D eigenvalue weighted by atomic mass is 16.5. The molecular weight excluding hydrogens is 1240 g/mol. The van der Waals surface area contributed by atoms with Gasteiger partial charge in [-0.15, -0.1) is 0 Å². The fourth-order valence-electron chi connectivity index (χ4n) is 10.7. The topological polar surface area (TPSA) is 189 Å². The van der Waals surface area contributed by atoms with Gasteiger partial charge >= 0.3 is 17.9 Å². The number of anilines is 2. The summed E-state index contributed by atoms with van der Waals surface area (Å²) < 4.78 is 27.7. The molecule has 0 bridgehead atoms. The van der Waals surface area contributed by atoms with Crippen LogP contribution in [-0.2, 0) is 0 Å². The molecule has 15 nitrogen and oxygen atoms in total. The van der Waals surface area contributed by atoms with Gasteiger partial charge in [-0.2, -0.15) is 0 Å². The number of hydrogen-bond acceptors (Lipinski definition) is 13. The lowest BCUT2D eigenvalue weighted by Gasteiger charge is -2.14. The summed E-state index contributed by atoms with van der Waals surface area (Å²) in [6, 6.07) is 78.2. The van der Waals surface area contributed by atoms with E-state index in [0.29, 0.717) is 50.2 Å². The highest BCUT2D eigenvalue weighted by Crippen LogP contribution is 2.34. The zero-order valence-electron chi connectivity index (χ0n) is 52.8. The van der Waals surface area contributed by atoms with E-state index in [1.165, 1.54) is 72.8 Å². The second-order valence-corrected chi connectivity index (χ2v) is 22.6. The minimum absolute atomic E-state index is 0.00555. The Hall–Kier alpha value is -14.0. The summed E-state index contributed by atoms with van der Waals surface area (Å²) in [4.78, 5) is 107. The molecule has 0 radical (unpaired) electrons. The van der Waals surface area contributed by atoms with Gasteiger partial charge in [0.1, 0.15) is 34.5 Å². The van der Waals surface area contributed by atoms with Gasteiger partial charge in [0.25, 0.3) is 23.6 Å². The Morgan fingerprint density at radius 1 is 0.303 bits per heavy atom. The Morgan fingerprint density at radius 2 is 0.657 bits per heavy atom. The summed E-state index contributed by atoms with van der Waals surface area (Å²) in [6.07, 6.45) is 0. The molecule has 15 heteroatoms. The van der Waals surface area contributed by atoms with Crippen molar-refractivity contribution in [2.75, 3.05) is 16.9 Å². The molecule has 476 valence electrons. The molecule has 14 rings (SSSR count). The fourth-order valence-corrected chi connectivity index (χ4v) is 10.7. The van der Waals surface area contributed by atoms with Gasteiger partial charge in [0.15, 0.2) is 5.78 Å². The lowest BCUT2D eigenvalue weighted by atomic mass is 10.0. The largest absolute Gasteiger partial charge is 0.497 e. The molecule has 4 amide bonds. The number of amides is 4. The van der Waals surface area contributed by atoms with Crippen LogP contribution in [0.5, 0.6) is 34.5 Å². The van der Waals surface area contributed by atoms with Crippen LogP contribution in [0.4, 0.5) is 11.4 Å². The Morgan fingerprint density at radius 3 is 1.16 bits per heavy atom. The first kappa shape index (κ1) is 63.7. The van der Waals surface area contributed by atoms with Crippen molar-refractivity contribution >= 4 is 69.5 Å². The monoisotopic (exact) mass is 1300 g/mol. The van der Waals surface area contributed by atoms with E-state index >= 15 is 0 Å². The SMILES string of the molecule is COc1ccc(Oc2ccc(C(=O)c3ccc(C)cc3)cc2)cc1.O=C(Oc1ccc(C(=O)Oc2ccc3cc(C(=O)Oc4ccc(N5C(=O)c6ccc(C#Cc7ccccc7)cc6C5=O)cc4)ccc3c2)cc1)c1ccc(N2C(=O)c3ccc(C#Cc4ccccc4)cc3C2=O)cc1. The van der Waals surface area contributed by atoms with Crippen LogP contribution in [0.15, 0.2) is 279 Å². The number of carbonyl (C=O) groups excluding carboxylic acids is 8. The number of imide groups is 2. The van der Waals surface area contributed by atoms with Gasteiger partial charge in [-0.1, -0.05) is 102 Å². The number of ether oxygens (including phenoxy) is 5. The van der Waals surface area contributed by atoms with Crippen LogP contribution in [0.3, 0.4) is 0 Å². The maximum absolute atomic E-state index is 13.4. The van der Waals surface area contributed by atoms with Gasteiger partial charge in [0, 0.05) is 33.4 Å². The van der Waals surface area contributed by atoms with Crippen LogP contribution in [0.2, 0.25) is 0 Å². The predicted octanol–water partition coefficient (Wildman–Crippen LogP) is 15.9. The van der Waals surface area contributed by atoms with Crippen LogP contribution >= 0.6 is 0 Å². The quantitative estimate of drug-likeness (QED) is 0.0349. The zero-order valence-corrected chi connectivity index (χ0v) is 52.8. The van der Waals surface area contributed by atoms with Crippen LogP contribution in [-0.4, -0.2) is 54.4 Å². The molecule has 0 spiro atoms. The molecule has 2 aliphatic rings. The average Bonchev–Trinajstić information content (AvgIpc) is 1.62. The van der Waals surface area contributed by atoms with E-state index in [-0.39, 0.29) is 67.7 Å². The molecule has 0 atom stereocenters. The number of fused-ring (bicyclic) bond motifs is 3. The lowest BCUT2D eigenvalue weighted by molar-refractivity contribution is 0.0723. The van der Waals surface area contributed by atoms with Crippen LogP contribution in [0.1, 0.15) is 116 Å². The molecule has 0 aliphatic carbocycles. The summed E-state index contributed by atoms with van der Waals surface area (Å²) in [5.41, 5.74) is 7.48. The Balaban J connectivity index is 0.000000308. The van der Waals surface area contributed by atoms with E-state index in [0.717, 1.165) is 32.2 Å². The van der Waals surface area contributed by atoms with Gasteiger partial charge in [-0.05, 0) is 224 Å². The third kappa shape index (κ3) is 14.4. The van der Waals surface area contributed by atoms with Crippen LogP contribution in [0, 0.1) is 30.6 Å². The van der Waals surface area contributed by atoms with Crippen molar-refractivity contribution < 1.29 is 62.0 Å². The lowest BCUT2D eigenvalue weighted by Crippen LogP contribution is -2.29. The van der Waals surface area contributed by atoms with Crippen molar-refractivity contribution in [3.63, 3.8) is 0 Å². The van der Waals surface area contributed by atoms with E-state index in [1.807, 2.05) is 116 Å². The number of benzene rings is 12. The number of esters is 3. The van der Waals surface area contributed by atoms with Crippen LogP contribution in [0.25, 0.3) is 10.8 Å². The van der Waals surface area contributed by atoms with Crippen LogP contribution < -0.4 is 33.5 Å². The number of hydrogen-bond donors (Lipinski definition) is 0. The normalized spacial score (nSPS) is 11.8. The number of methoxy groups -OCH3 is 1. The molecule has 12 aromatic rings. The molecule has 0 saturated heterocycles. The number of aryl methyl sites for hydroxylation is 1. The Bertz CT molecular complexity index is 5320. The summed E-state index contributed by atoms with van der Waals surface area (Å²) in [6.45, 7) is 2.00. The standard InChI is InChI=1S/C63H34N2O10.C21H18O3/c66-57-53-33-15-41(13-11-39-7-3-1-4-8-39)35-55(53)59(68)64(57)48-24-19-43(20-25-48)61(70)73-50-28-21-44(22-29-50)62(71)75-52-30-23-45-37-47(18-17-46(45)38-52)63(72)74-51-31-26-49(27-32-51)65-58(67)54-34-16-42(36-56(54)60(65)69)14-12-40-9-5-2-6-10-40;1-15-3-5-16(6-4-15)21(22)17-7-9-19(10-8-17)24-20-13-11-18(23-2)12-14-20/h1-10,15-38H;3-14H,1-2H3. The van der Waals surface area contributed by atoms with Gasteiger partial charge in [-0.3, -0.25) is 24.0 Å². The molecular formula is C84H52N2O13. The zero-order chi connectivity index (χ0) is 68.5. The third-order valence-electron chi connectivity index (χ3n) is 16.0. The predicted molar refractivity (Wildman–Crippen MR) is 372 cm³/mol. The highest BCUT2D eigenvalue weighted by molar-refractivity contribution is 6.35. The second kappa shape index (κ2) is 28.3. The van der Waals surface area contributed by atoms with Crippen molar-refractivity contribution in [2.45, 2.75) is 6.92 Å². The maximum Gasteiger partial charge on any atom is 0.343 e. The van der Waals surface area contributed by atoms with Crippen molar-refractivity contribution in [3.05, 3.63) is 357 Å². The maximum atomic E-state index is 13.4. The molecule has 0 unspecified atom stereocenters. The first-order valence-electron chi connectivity index (χ1n) is 30.9. The van der Waals surface area contributed by atoms with Crippen molar-refractivity contribution in [3.8, 4) is 58.2 Å². The van der Waals surface area contributed by atoms with E-state index in [9.17, 15) is 38.4 Å². The number of nitrogens with zero attached hydrogens (tertiary/aromatic N) is 2. The molecule has 2 aliphatic heterocycles. The number of ketones is 1. The Labute approximate surface area is 567 Å². The molecule has 12 aromatic carbocycles. The minimum atomic E-state index is -0.703. The Kier molecular flexibility index (Phi) is 18.2.